The van der Waals surface area contributed by atoms with Crippen LogP contribution in [0.2, 0.25) is 0 Å². The summed E-state index contributed by atoms with van der Waals surface area (Å²) in [5, 5.41) is 3.13. The predicted octanol–water partition coefficient (Wildman–Crippen LogP) is 1.99. The highest BCUT2D eigenvalue weighted by atomic mass is 19.1. The molecule has 1 aromatic rings. The number of para-hydroxylation sites is 1. The zero-order chi connectivity index (χ0) is 12.0. The van der Waals surface area contributed by atoms with Crippen molar-refractivity contribution in [3.05, 3.63) is 30.1 Å². The van der Waals surface area contributed by atoms with Crippen LogP contribution in [0.3, 0.4) is 0 Å². The van der Waals surface area contributed by atoms with Gasteiger partial charge >= 0.3 is 0 Å². The SMILES string of the molecule is COCCC(C)(CN)Nc1ccccc1F. The molecule has 16 heavy (non-hydrogen) atoms. The maximum atomic E-state index is 13.4. The molecule has 0 heterocycles. The molecule has 0 saturated carbocycles. The summed E-state index contributed by atoms with van der Waals surface area (Å²) in [5.41, 5.74) is 5.83. The van der Waals surface area contributed by atoms with Crippen LogP contribution >= 0.6 is 0 Å². The standard InChI is InChI=1S/C12H19FN2O/c1-12(9-14,7-8-16-2)15-11-6-4-3-5-10(11)13/h3-6,15H,7-9,14H2,1-2H3. The number of nitrogens with two attached hydrogens (primary N) is 1. The number of nitrogens with one attached hydrogen (secondary N) is 1. The smallest absolute Gasteiger partial charge is 0.146 e. The Morgan fingerprint density at radius 2 is 2.12 bits per heavy atom. The van der Waals surface area contributed by atoms with Gasteiger partial charge in [0.2, 0.25) is 0 Å². The minimum atomic E-state index is -0.349. The van der Waals surface area contributed by atoms with Crippen LogP contribution in [0, 0.1) is 5.82 Å². The summed E-state index contributed by atoms with van der Waals surface area (Å²) in [5.74, 6) is -0.264. The Morgan fingerprint density at radius 3 is 2.69 bits per heavy atom. The maximum Gasteiger partial charge on any atom is 0.146 e. The molecule has 0 spiro atoms. The Kier molecular flexibility index (Phi) is 4.71. The highest BCUT2D eigenvalue weighted by Crippen LogP contribution is 2.20. The molecule has 1 atom stereocenters. The summed E-state index contributed by atoms with van der Waals surface area (Å²) < 4.78 is 18.5. The number of rotatable bonds is 6. The van der Waals surface area contributed by atoms with Gasteiger partial charge in [-0.2, -0.15) is 0 Å². The molecule has 3 N–H and O–H groups in total. The molecule has 0 saturated heterocycles. The fourth-order valence-electron chi connectivity index (χ4n) is 1.43. The first-order valence-corrected chi connectivity index (χ1v) is 5.33. The van der Waals surface area contributed by atoms with E-state index in [1.165, 1.54) is 6.07 Å². The van der Waals surface area contributed by atoms with Gasteiger partial charge in [0.1, 0.15) is 5.82 Å². The quantitative estimate of drug-likeness (QED) is 0.780. The van der Waals surface area contributed by atoms with Gasteiger partial charge < -0.3 is 15.8 Å². The predicted molar refractivity (Wildman–Crippen MR) is 64.0 cm³/mol. The van der Waals surface area contributed by atoms with E-state index >= 15 is 0 Å². The second kappa shape index (κ2) is 5.82. The Bertz CT molecular complexity index is 333. The summed E-state index contributed by atoms with van der Waals surface area (Å²) in [4.78, 5) is 0. The fraction of sp³-hybridized carbons (Fsp3) is 0.500. The zero-order valence-electron chi connectivity index (χ0n) is 9.79. The van der Waals surface area contributed by atoms with E-state index in [1.807, 2.05) is 6.92 Å². The number of ether oxygens (including phenoxy) is 1. The number of benzene rings is 1. The molecule has 0 aliphatic carbocycles. The van der Waals surface area contributed by atoms with Crippen molar-refractivity contribution in [2.24, 2.45) is 5.73 Å². The average molecular weight is 226 g/mol. The highest BCUT2D eigenvalue weighted by Gasteiger charge is 2.22. The van der Waals surface area contributed by atoms with E-state index in [1.54, 1.807) is 25.3 Å². The number of hydrogen-bond acceptors (Lipinski definition) is 3. The van der Waals surface area contributed by atoms with Gasteiger partial charge in [-0.25, -0.2) is 4.39 Å². The number of anilines is 1. The fourth-order valence-corrected chi connectivity index (χ4v) is 1.43. The largest absolute Gasteiger partial charge is 0.385 e. The van der Waals surface area contributed by atoms with Crippen molar-refractivity contribution in [1.29, 1.82) is 0 Å². The van der Waals surface area contributed by atoms with Crippen molar-refractivity contribution in [3.63, 3.8) is 0 Å². The van der Waals surface area contributed by atoms with Crippen LogP contribution in [-0.4, -0.2) is 25.8 Å². The van der Waals surface area contributed by atoms with Gasteiger partial charge in [-0.15, -0.1) is 0 Å². The van der Waals surface area contributed by atoms with Crippen LogP contribution in [0.4, 0.5) is 10.1 Å². The minimum absolute atomic E-state index is 0.264. The molecule has 0 bridgehead atoms. The third-order valence-electron chi connectivity index (χ3n) is 2.62. The molecule has 1 aromatic carbocycles. The highest BCUT2D eigenvalue weighted by molar-refractivity contribution is 5.46. The molecule has 0 radical (unpaired) electrons. The lowest BCUT2D eigenvalue weighted by Crippen LogP contribution is -2.43. The van der Waals surface area contributed by atoms with Crippen molar-refractivity contribution in [2.75, 3.05) is 25.6 Å². The van der Waals surface area contributed by atoms with Crippen molar-refractivity contribution in [2.45, 2.75) is 18.9 Å². The first-order valence-electron chi connectivity index (χ1n) is 5.33. The van der Waals surface area contributed by atoms with Crippen molar-refractivity contribution < 1.29 is 9.13 Å². The first-order chi connectivity index (χ1) is 7.61. The molecule has 1 rings (SSSR count). The van der Waals surface area contributed by atoms with E-state index in [9.17, 15) is 4.39 Å². The van der Waals surface area contributed by atoms with E-state index in [4.69, 9.17) is 10.5 Å². The van der Waals surface area contributed by atoms with E-state index in [-0.39, 0.29) is 11.4 Å². The molecule has 0 aliphatic rings. The van der Waals surface area contributed by atoms with Crippen LogP contribution in [0.5, 0.6) is 0 Å². The van der Waals surface area contributed by atoms with Crippen molar-refractivity contribution in [3.8, 4) is 0 Å². The van der Waals surface area contributed by atoms with Crippen LogP contribution < -0.4 is 11.1 Å². The molecule has 4 heteroatoms. The molecular weight excluding hydrogens is 207 g/mol. The summed E-state index contributed by atoms with van der Waals surface area (Å²) >= 11 is 0. The molecule has 0 aliphatic heterocycles. The van der Waals surface area contributed by atoms with E-state index in [0.717, 1.165) is 6.42 Å². The number of methoxy groups -OCH3 is 1. The van der Waals surface area contributed by atoms with Gasteiger partial charge in [-0.1, -0.05) is 12.1 Å². The number of halogens is 1. The Morgan fingerprint density at radius 1 is 1.44 bits per heavy atom. The summed E-state index contributed by atoms with van der Waals surface area (Å²) in [7, 11) is 1.64. The third kappa shape index (κ3) is 3.47. The van der Waals surface area contributed by atoms with Gasteiger partial charge in [0.25, 0.3) is 0 Å². The van der Waals surface area contributed by atoms with Crippen LogP contribution in [0.1, 0.15) is 13.3 Å². The maximum absolute atomic E-state index is 13.4. The van der Waals surface area contributed by atoms with Crippen LogP contribution in [-0.2, 0) is 4.74 Å². The molecule has 3 nitrogen and oxygen atoms in total. The second-order valence-electron chi connectivity index (χ2n) is 4.11. The van der Waals surface area contributed by atoms with Crippen molar-refractivity contribution in [1.82, 2.24) is 0 Å². The Hall–Kier alpha value is -1.13. The zero-order valence-corrected chi connectivity index (χ0v) is 9.79. The Balaban J connectivity index is 2.72. The second-order valence-corrected chi connectivity index (χ2v) is 4.11. The van der Waals surface area contributed by atoms with Crippen LogP contribution in [0.25, 0.3) is 0 Å². The van der Waals surface area contributed by atoms with Gasteiger partial charge in [0, 0.05) is 25.8 Å². The van der Waals surface area contributed by atoms with Gasteiger partial charge in [0.15, 0.2) is 0 Å². The lowest BCUT2D eigenvalue weighted by molar-refractivity contribution is 0.177. The molecule has 0 aromatic heterocycles. The van der Waals surface area contributed by atoms with Gasteiger partial charge in [-0.3, -0.25) is 0 Å². The summed E-state index contributed by atoms with van der Waals surface area (Å²) in [6.45, 7) is 2.97. The molecule has 90 valence electrons. The lowest BCUT2D eigenvalue weighted by Gasteiger charge is -2.30. The van der Waals surface area contributed by atoms with E-state index in [2.05, 4.69) is 5.32 Å². The first kappa shape index (κ1) is 12.9. The lowest BCUT2D eigenvalue weighted by atomic mass is 9.98. The normalized spacial score (nSPS) is 14.5. The Labute approximate surface area is 95.8 Å². The molecule has 0 fully saturated rings. The average Bonchev–Trinajstić information content (AvgIpc) is 2.30. The number of hydrogen-bond donors (Lipinski definition) is 2. The summed E-state index contributed by atoms with van der Waals surface area (Å²) in [6.07, 6.45) is 0.730. The minimum Gasteiger partial charge on any atom is -0.385 e. The monoisotopic (exact) mass is 226 g/mol. The van der Waals surface area contributed by atoms with Gasteiger partial charge in [0.05, 0.1) is 5.69 Å². The topological polar surface area (TPSA) is 47.3 Å². The van der Waals surface area contributed by atoms with Gasteiger partial charge in [-0.05, 0) is 25.5 Å². The van der Waals surface area contributed by atoms with Crippen LogP contribution in [0.15, 0.2) is 24.3 Å². The third-order valence-corrected chi connectivity index (χ3v) is 2.62. The van der Waals surface area contributed by atoms with E-state index < -0.39 is 0 Å². The van der Waals surface area contributed by atoms with Crippen molar-refractivity contribution >= 4 is 5.69 Å². The molecular formula is C12H19FN2O. The summed E-state index contributed by atoms with van der Waals surface area (Å²) in [6, 6.07) is 6.58. The molecule has 1 unspecified atom stereocenters. The van der Waals surface area contributed by atoms with E-state index in [0.29, 0.717) is 18.8 Å². The molecule has 0 amide bonds.